The van der Waals surface area contributed by atoms with Crippen LogP contribution in [0, 0.1) is 0 Å². The monoisotopic (exact) mass is 223 g/mol. The third kappa shape index (κ3) is 24.8. The summed E-state index contributed by atoms with van der Waals surface area (Å²) in [5.74, 6) is 0. The molecule has 0 bridgehead atoms. The standard InChI is InChI=1S/C7H17NO3.2C2H6/c1-11-5-4-8-3-2-7(10)6-9;2*1-2/h7-10H,2-6H2,1H3;2*1-2H3/t7-;;/m1../s1. The summed E-state index contributed by atoms with van der Waals surface area (Å²) in [6.45, 7) is 10.0. The van der Waals surface area contributed by atoms with Gasteiger partial charge in [-0.15, -0.1) is 0 Å². The smallest absolute Gasteiger partial charge is 0.0783 e. The van der Waals surface area contributed by atoms with Gasteiger partial charge >= 0.3 is 0 Å². The number of methoxy groups -OCH3 is 1. The van der Waals surface area contributed by atoms with Crippen molar-refractivity contribution in [3.05, 3.63) is 0 Å². The average molecular weight is 223 g/mol. The Kier molecular flexibility index (Phi) is 31.9. The first kappa shape index (κ1) is 20.3. The van der Waals surface area contributed by atoms with E-state index in [1.54, 1.807) is 7.11 Å². The fourth-order valence-corrected chi connectivity index (χ4v) is 0.659. The van der Waals surface area contributed by atoms with Crippen LogP contribution in [0.15, 0.2) is 0 Å². The molecular formula is C11H29NO3. The number of rotatable bonds is 7. The lowest BCUT2D eigenvalue weighted by molar-refractivity contribution is 0.0877. The van der Waals surface area contributed by atoms with Crippen LogP contribution < -0.4 is 5.32 Å². The normalized spacial score (nSPS) is 10.6. The summed E-state index contributed by atoms with van der Waals surface area (Å²) in [4.78, 5) is 0. The first-order valence-corrected chi connectivity index (χ1v) is 5.79. The number of hydrogen-bond donors (Lipinski definition) is 3. The SMILES string of the molecule is CC.CC.COCCNCC[C@@H](O)CO. The third-order valence-corrected chi connectivity index (χ3v) is 1.35. The van der Waals surface area contributed by atoms with Crippen molar-refractivity contribution < 1.29 is 14.9 Å². The van der Waals surface area contributed by atoms with E-state index >= 15 is 0 Å². The zero-order valence-corrected chi connectivity index (χ0v) is 10.9. The first-order chi connectivity index (χ1) is 7.31. The molecule has 0 aromatic carbocycles. The van der Waals surface area contributed by atoms with Crippen LogP contribution in [0.1, 0.15) is 34.1 Å². The number of nitrogens with one attached hydrogen (secondary N) is 1. The Bertz CT molecular complexity index is 82.2. The van der Waals surface area contributed by atoms with E-state index in [9.17, 15) is 0 Å². The molecule has 0 amide bonds. The summed E-state index contributed by atoms with van der Waals surface area (Å²) in [6.07, 6.45) is -0.00901. The van der Waals surface area contributed by atoms with E-state index in [0.29, 0.717) is 19.6 Å². The molecule has 15 heavy (non-hydrogen) atoms. The fourth-order valence-electron chi connectivity index (χ4n) is 0.659. The van der Waals surface area contributed by atoms with Gasteiger partial charge in [0.05, 0.1) is 19.3 Å². The van der Waals surface area contributed by atoms with Gasteiger partial charge in [0.2, 0.25) is 0 Å². The highest BCUT2D eigenvalue weighted by Crippen LogP contribution is 1.86. The van der Waals surface area contributed by atoms with Crippen molar-refractivity contribution in [3.63, 3.8) is 0 Å². The van der Waals surface area contributed by atoms with Crippen LogP contribution in [-0.2, 0) is 4.74 Å². The van der Waals surface area contributed by atoms with Gasteiger partial charge < -0.3 is 20.3 Å². The summed E-state index contributed by atoms with van der Waals surface area (Å²) in [6, 6.07) is 0. The Morgan fingerprint density at radius 3 is 2.07 bits per heavy atom. The van der Waals surface area contributed by atoms with Crippen LogP contribution in [0.25, 0.3) is 0 Å². The van der Waals surface area contributed by atoms with Gasteiger partial charge in [-0.2, -0.15) is 0 Å². The molecule has 3 N–H and O–H groups in total. The van der Waals surface area contributed by atoms with Crippen molar-refractivity contribution in [3.8, 4) is 0 Å². The Morgan fingerprint density at radius 2 is 1.67 bits per heavy atom. The molecule has 0 spiro atoms. The lowest BCUT2D eigenvalue weighted by atomic mass is 10.3. The maximum atomic E-state index is 8.89. The molecule has 0 heterocycles. The molecule has 0 aromatic rings. The zero-order chi connectivity index (χ0) is 12.5. The Hall–Kier alpha value is -0.160. The van der Waals surface area contributed by atoms with E-state index in [0.717, 1.165) is 6.54 Å². The molecule has 0 aliphatic rings. The van der Waals surface area contributed by atoms with Crippen LogP contribution >= 0.6 is 0 Å². The molecule has 0 aliphatic heterocycles. The summed E-state index contributed by atoms with van der Waals surface area (Å²) >= 11 is 0. The maximum absolute atomic E-state index is 8.89. The van der Waals surface area contributed by atoms with Crippen molar-refractivity contribution in [2.45, 2.75) is 40.2 Å². The van der Waals surface area contributed by atoms with E-state index in [1.165, 1.54) is 0 Å². The van der Waals surface area contributed by atoms with E-state index in [4.69, 9.17) is 14.9 Å². The van der Waals surface area contributed by atoms with Gasteiger partial charge in [0.25, 0.3) is 0 Å². The highest BCUT2D eigenvalue weighted by Gasteiger charge is 1.99. The van der Waals surface area contributed by atoms with Crippen LogP contribution in [0.4, 0.5) is 0 Å². The third-order valence-electron chi connectivity index (χ3n) is 1.35. The first-order valence-electron chi connectivity index (χ1n) is 5.79. The molecule has 0 aromatic heterocycles. The van der Waals surface area contributed by atoms with Crippen molar-refractivity contribution in [1.82, 2.24) is 5.32 Å². The number of aliphatic hydroxyl groups is 2. The Labute approximate surface area is 94.7 Å². The minimum Gasteiger partial charge on any atom is -0.394 e. The van der Waals surface area contributed by atoms with Crippen molar-refractivity contribution >= 4 is 0 Å². The molecule has 96 valence electrons. The predicted octanol–water partition coefficient (Wildman–Crippen LogP) is 1.02. The van der Waals surface area contributed by atoms with Crippen LogP contribution in [-0.4, -0.2) is 49.7 Å². The second kappa shape index (κ2) is 23.6. The lowest BCUT2D eigenvalue weighted by Gasteiger charge is -2.07. The minimum atomic E-state index is -0.593. The second-order valence-electron chi connectivity index (χ2n) is 2.37. The zero-order valence-electron chi connectivity index (χ0n) is 10.9. The average Bonchev–Trinajstić information content (AvgIpc) is 2.33. The van der Waals surface area contributed by atoms with Gasteiger partial charge in [-0.3, -0.25) is 0 Å². The molecule has 0 radical (unpaired) electrons. The highest BCUT2D eigenvalue weighted by molar-refractivity contribution is 4.55. The molecule has 1 atom stereocenters. The van der Waals surface area contributed by atoms with Crippen LogP contribution in [0.2, 0.25) is 0 Å². The molecule has 0 aliphatic carbocycles. The molecule has 0 fully saturated rings. The van der Waals surface area contributed by atoms with Crippen molar-refractivity contribution in [2.24, 2.45) is 0 Å². The Balaban J connectivity index is -0.000000318. The summed E-state index contributed by atoms with van der Waals surface area (Å²) in [7, 11) is 1.64. The highest BCUT2D eigenvalue weighted by atomic mass is 16.5. The topological polar surface area (TPSA) is 61.7 Å². The maximum Gasteiger partial charge on any atom is 0.0783 e. The van der Waals surface area contributed by atoms with Crippen LogP contribution in [0.5, 0.6) is 0 Å². The van der Waals surface area contributed by atoms with Crippen molar-refractivity contribution in [1.29, 1.82) is 0 Å². The van der Waals surface area contributed by atoms with Gasteiger partial charge in [0.15, 0.2) is 0 Å². The van der Waals surface area contributed by atoms with Gasteiger partial charge in [0, 0.05) is 13.7 Å². The molecule has 0 saturated carbocycles. The van der Waals surface area contributed by atoms with E-state index in [-0.39, 0.29) is 6.61 Å². The minimum absolute atomic E-state index is 0.161. The van der Waals surface area contributed by atoms with E-state index in [1.807, 2.05) is 27.7 Å². The number of hydrogen-bond acceptors (Lipinski definition) is 4. The molecular weight excluding hydrogens is 194 g/mol. The largest absolute Gasteiger partial charge is 0.394 e. The second-order valence-corrected chi connectivity index (χ2v) is 2.37. The molecule has 4 heteroatoms. The van der Waals surface area contributed by atoms with E-state index < -0.39 is 6.10 Å². The summed E-state index contributed by atoms with van der Waals surface area (Å²) in [5.41, 5.74) is 0. The molecule has 0 saturated heterocycles. The summed E-state index contributed by atoms with van der Waals surface area (Å²) < 4.78 is 4.80. The molecule has 0 rings (SSSR count). The molecule has 4 nitrogen and oxygen atoms in total. The number of ether oxygens (including phenoxy) is 1. The van der Waals surface area contributed by atoms with Gasteiger partial charge in [0.1, 0.15) is 0 Å². The van der Waals surface area contributed by atoms with Gasteiger partial charge in [-0.05, 0) is 13.0 Å². The van der Waals surface area contributed by atoms with Gasteiger partial charge in [-0.1, -0.05) is 27.7 Å². The van der Waals surface area contributed by atoms with Crippen LogP contribution in [0.3, 0.4) is 0 Å². The van der Waals surface area contributed by atoms with Crippen molar-refractivity contribution in [2.75, 3.05) is 33.4 Å². The number of aliphatic hydroxyl groups excluding tert-OH is 2. The lowest BCUT2D eigenvalue weighted by Crippen LogP contribution is -2.25. The van der Waals surface area contributed by atoms with E-state index in [2.05, 4.69) is 5.32 Å². The quantitative estimate of drug-likeness (QED) is 0.564. The Morgan fingerprint density at radius 1 is 1.13 bits per heavy atom. The molecule has 0 unspecified atom stereocenters. The predicted molar refractivity (Wildman–Crippen MR) is 65.2 cm³/mol. The summed E-state index contributed by atoms with van der Waals surface area (Å²) in [5, 5.41) is 20.4. The fraction of sp³-hybridized carbons (Fsp3) is 1.00. The van der Waals surface area contributed by atoms with Gasteiger partial charge in [-0.25, -0.2) is 0 Å².